The second-order valence-electron chi connectivity index (χ2n) is 5.68. The highest BCUT2D eigenvalue weighted by atomic mass is 32.2. The lowest BCUT2D eigenvalue weighted by atomic mass is 10.1. The Hall–Kier alpha value is -0.960. The van der Waals surface area contributed by atoms with Crippen LogP contribution in [0.4, 0.5) is 0 Å². The first-order valence-electron chi connectivity index (χ1n) is 7.66. The second-order valence-corrected chi connectivity index (χ2v) is 6.83. The van der Waals surface area contributed by atoms with Crippen LogP contribution in [0, 0.1) is 0 Å². The molecule has 0 saturated carbocycles. The number of rotatable bonds is 11. The molecule has 1 N–H and O–H groups in total. The molecule has 0 aliphatic rings. The zero-order valence-electron chi connectivity index (χ0n) is 13.9. The largest absolute Gasteiger partial charge is 0.481 e. The second kappa shape index (κ2) is 12.8. The summed E-state index contributed by atoms with van der Waals surface area (Å²) in [6.07, 6.45) is 11.6. The van der Waals surface area contributed by atoms with Gasteiger partial charge in [-0.3, -0.25) is 4.79 Å². The summed E-state index contributed by atoms with van der Waals surface area (Å²) in [6.45, 7) is 8.65. The molecule has 0 unspecified atom stereocenters. The summed E-state index contributed by atoms with van der Waals surface area (Å²) in [7, 11) is 0. The van der Waals surface area contributed by atoms with Crippen LogP contribution in [0.25, 0.3) is 0 Å². The monoisotopic (exact) mass is 310 g/mol. The van der Waals surface area contributed by atoms with E-state index in [0.717, 1.165) is 31.4 Å². The minimum absolute atomic E-state index is 0.255. The SMILES string of the molecule is CC(C)=CCCC(C)=CCCC(C)=CCSCCC(=O)O. The van der Waals surface area contributed by atoms with Crippen molar-refractivity contribution < 1.29 is 9.90 Å². The van der Waals surface area contributed by atoms with Crippen LogP contribution < -0.4 is 0 Å². The molecule has 3 heteroatoms. The molecule has 0 aliphatic carbocycles. The fourth-order valence-corrected chi connectivity index (χ4v) is 2.67. The Labute approximate surface area is 134 Å². The zero-order valence-corrected chi connectivity index (χ0v) is 14.8. The molecule has 0 fully saturated rings. The van der Waals surface area contributed by atoms with Crippen molar-refractivity contribution >= 4 is 17.7 Å². The minimum Gasteiger partial charge on any atom is -0.481 e. The standard InChI is InChI=1S/C18H30O2S/c1-15(2)7-5-8-16(3)9-6-10-17(4)11-13-21-14-12-18(19)20/h7,9,11H,5-6,8,10,12-14H2,1-4H3,(H,19,20). The maximum Gasteiger partial charge on any atom is 0.304 e. The summed E-state index contributed by atoms with van der Waals surface area (Å²) in [5.41, 5.74) is 4.25. The number of hydrogen-bond acceptors (Lipinski definition) is 2. The first-order valence-corrected chi connectivity index (χ1v) is 8.81. The van der Waals surface area contributed by atoms with Gasteiger partial charge in [0.25, 0.3) is 0 Å². The molecule has 0 radical (unpaired) electrons. The third-order valence-electron chi connectivity index (χ3n) is 3.13. The Bertz CT molecular complexity index is 388. The Morgan fingerprint density at radius 2 is 1.48 bits per heavy atom. The van der Waals surface area contributed by atoms with E-state index in [1.165, 1.54) is 16.7 Å². The average molecular weight is 311 g/mol. The summed E-state index contributed by atoms with van der Waals surface area (Å²) in [5.74, 6) is 0.905. The molecule has 120 valence electrons. The highest BCUT2D eigenvalue weighted by Gasteiger charge is 1.96. The Morgan fingerprint density at radius 1 is 0.905 bits per heavy atom. The minimum atomic E-state index is -0.711. The predicted octanol–water partition coefficient (Wildman–Crippen LogP) is 5.61. The summed E-state index contributed by atoms with van der Waals surface area (Å²) in [5, 5.41) is 8.54. The predicted molar refractivity (Wildman–Crippen MR) is 95.0 cm³/mol. The highest BCUT2D eigenvalue weighted by Crippen LogP contribution is 2.12. The van der Waals surface area contributed by atoms with E-state index in [2.05, 4.69) is 45.9 Å². The molecule has 0 spiro atoms. The van der Waals surface area contributed by atoms with Crippen LogP contribution in [0.3, 0.4) is 0 Å². The van der Waals surface area contributed by atoms with Gasteiger partial charge in [0.1, 0.15) is 0 Å². The van der Waals surface area contributed by atoms with Crippen molar-refractivity contribution in [1.82, 2.24) is 0 Å². The molecule has 0 amide bonds. The maximum absolute atomic E-state index is 10.4. The quantitative estimate of drug-likeness (QED) is 0.398. The van der Waals surface area contributed by atoms with E-state index in [4.69, 9.17) is 5.11 Å². The van der Waals surface area contributed by atoms with Gasteiger partial charge in [-0.25, -0.2) is 0 Å². The molecule has 0 aliphatic heterocycles. The summed E-state index contributed by atoms with van der Waals surface area (Å²) in [6, 6.07) is 0. The maximum atomic E-state index is 10.4. The molecule has 0 rings (SSSR count). The topological polar surface area (TPSA) is 37.3 Å². The van der Waals surface area contributed by atoms with E-state index >= 15 is 0 Å². The normalized spacial score (nSPS) is 12.4. The molecule has 0 heterocycles. The number of carboxylic acid groups (broad SMARTS) is 1. The number of carboxylic acids is 1. The van der Waals surface area contributed by atoms with Gasteiger partial charge >= 0.3 is 5.97 Å². The average Bonchev–Trinajstić information content (AvgIpc) is 2.37. The number of carbonyl (C=O) groups is 1. The Morgan fingerprint density at radius 3 is 2.05 bits per heavy atom. The van der Waals surface area contributed by atoms with Gasteiger partial charge < -0.3 is 5.11 Å². The summed E-state index contributed by atoms with van der Waals surface area (Å²) < 4.78 is 0. The number of allylic oxidation sites excluding steroid dienone is 5. The van der Waals surface area contributed by atoms with E-state index in [1.807, 2.05) is 0 Å². The van der Waals surface area contributed by atoms with Gasteiger partial charge in [0.05, 0.1) is 6.42 Å². The van der Waals surface area contributed by atoms with Crippen LogP contribution in [-0.4, -0.2) is 22.6 Å². The van der Waals surface area contributed by atoms with E-state index in [-0.39, 0.29) is 6.42 Å². The lowest BCUT2D eigenvalue weighted by molar-refractivity contribution is -0.136. The van der Waals surface area contributed by atoms with Gasteiger partial charge in [0, 0.05) is 11.5 Å². The van der Waals surface area contributed by atoms with Gasteiger partial charge in [0.15, 0.2) is 0 Å². The third kappa shape index (κ3) is 15.3. The highest BCUT2D eigenvalue weighted by molar-refractivity contribution is 7.99. The fourth-order valence-electron chi connectivity index (χ4n) is 1.78. The van der Waals surface area contributed by atoms with Crippen molar-refractivity contribution in [2.75, 3.05) is 11.5 Å². The van der Waals surface area contributed by atoms with Gasteiger partial charge in [-0.2, -0.15) is 11.8 Å². The van der Waals surface area contributed by atoms with Crippen molar-refractivity contribution in [1.29, 1.82) is 0 Å². The van der Waals surface area contributed by atoms with Crippen molar-refractivity contribution in [3.63, 3.8) is 0 Å². The molecular weight excluding hydrogens is 280 g/mol. The van der Waals surface area contributed by atoms with Crippen molar-refractivity contribution in [2.45, 2.75) is 59.8 Å². The first kappa shape index (κ1) is 20.0. The summed E-state index contributed by atoms with van der Waals surface area (Å²) >= 11 is 1.68. The Balaban J connectivity index is 3.78. The van der Waals surface area contributed by atoms with Crippen LogP contribution in [0.1, 0.15) is 59.8 Å². The Kier molecular flexibility index (Phi) is 12.2. The van der Waals surface area contributed by atoms with Crippen LogP contribution in [0.15, 0.2) is 34.9 Å². The molecule has 0 bridgehead atoms. The van der Waals surface area contributed by atoms with Gasteiger partial charge in [-0.05, 0) is 53.4 Å². The van der Waals surface area contributed by atoms with Crippen LogP contribution in [0.2, 0.25) is 0 Å². The molecule has 0 saturated heterocycles. The van der Waals surface area contributed by atoms with E-state index < -0.39 is 5.97 Å². The molecule has 0 atom stereocenters. The smallest absolute Gasteiger partial charge is 0.304 e. The molecule has 0 aromatic heterocycles. The molecule has 21 heavy (non-hydrogen) atoms. The van der Waals surface area contributed by atoms with Crippen molar-refractivity contribution in [2.24, 2.45) is 0 Å². The zero-order chi connectivity index (χ0) is 16.1. The number of thioether (sulfide) groups is 1. The molecular formula is C18H30O2S. The van der Waals surface area contributed by atoms with E-state index in [1.54, 1.807) is 11.8 Å². The fraction of sp³-hybridized carbons (Fsp3) is 0.611. The molecule has 0 aromatic carbocycles. The molecule has 0 aromatic rings. The number of hydrogen-bond donors (Lipinski definition) is 1. The van der Waals surface area contributed by atoms with Gasteiger partial charge in [-0.15, -0.1) is 0 Å². The first-order chi connectivity index (χ1) is 9.91. The lowest BCUT2D eigenvalue weighted by Gasteiger charge is -2.02. The van der Waals surface area contributed by atoms with E-state index in [9.17, 15) is 4.79 Å². The van der Waals surface area contributed by atoms with Crippen LogP contribution in [-0.2, 0) is 4.79 Å². The molecule has 2 nitrogen and oxygen atoms in total. The van der Waals surface area contributed by atoms with Crippen molar-refractivity contribution in [3.8, 4) is 0 Å². The van der Waals surface area contributed by atoms with Gasteiger partial charge in [-0.1, -0.05) is 34.9 Å². The number of aliphatic carboxylic acids is 1. The van der Waals surface area contributed by atoms with Crippen molar-refractivity contribution in [3.05, 3.63) is 34.9 Å². The van der Waals surface area contributed by atoms with Crippen LogP contribution >= 0.6 is 11.8 Å². The summed E-state index contributed by atoms with van der Waals surface area (Å²) in [4.78, 5) is 10.4. The van der Waals surface area contributed by atoms with E-state index in [0.29, 0.717) is 5.75 Å². The van der Waals surface area contributed by atoms with Crippen LogP contribution in [0.5, 0.6) is 0 Å². The lowest BCUT2D eigenvalue weighted by Crippen LogP contribution is -1.96. The van der Waals surface area contributed by atoms with Gasteiger partial charge in [0.2, 0.25) is 0 Å². The third-order valence-corrected chi connectivity index (χ3v) is 4.03.